The van der Waals surface area contributed by atoms with Crippen molar-refractivity contribution in [1.82, 2.24) is 15.5 Å². The van der Waals surface area contributed by atoms with E-state index in [1.807, 2.05) is 12.2 Å². The van der Waals surface area contributed by atoms with Crippen molar-refractivity contribution in [2.24, 2.45) is 0 Å². The van der Waals surface area contributed by atoms with Gasteiger partial charge in [0, 0.05) is 20.0 Å². The minimum Gasteiger partial charge on any atom is -0.453 e. The smallest absolute Gasteiger partial charge is 0.321 e. The molecule has 1 unspecified atom stereocenters. The number of hydrogen-bond acceptors (Lipinski definition) is 6. The van der Waals surface area contributed by atoms with E-state index in [2.05, 4.69) is 5.32 Å². The average Bonchev–Trinajstić information content (AvgIpc) is 2.85. The molecule has 0 fully saturated rings. The van der Waals surface area contributed by atoms with Crippen LogP contribution in [-0.4, -0.2) is 54.3 Å². The molecule has 1 heterocycles. The van der Waals surface area contributed by atoms with Gasteiger partial charge in [0.2, 0.25) is 0 Å². The first-order valence-corrected chi connectivity index (χ1v) is 8.43. The fraction of sp³-hybridized carbons (Fsp3) is 0.389. The number of hydrogen-bond donors (Lipinski definition) is 2. The Labute approximate surface area is 156 Å². The third-order valence-corrected chi connectivity index (χ3v) is 4.03. The second kappa shape index (κ2) is 8.43. The first kappa shape index (κ1) is 20.1. The van der Waals surface area contributed by atoms with Crippen LogP contribution in [0.1, 0.15) is 46.0 Å². The van der Waals surface area contributed by atoms with Gasteiger partial charge in [0.05, 0.1) is 11.1 Å². The van der Waals surface area contributed by atoms with Crippen molar-refractivity contribution < 1.29 is 28.7 Å². The van der Waals surface area contributed by atoms with E-state index in [4.69, 9.17) is 4.74 Å². The molecule has 0 aromatic heterocycles. The Kier molecular flexibility index (Phi) is 6.27. The van der Waals surface area contributed by atoms with Gasteiger partial charge in [0.15, 0.2) is 6.10 Å². The van der Waals surface area contributed by atoms with Gasteiger partial charge < -0.3 is 10.1 Å². The average molecular weight is 375 g/mol. The van der Waals surface area contributed by atoms with E-state index in [1.54, 1.807) is 18.2 Å². The molecule has 0 saturated heterocycles. The summed E-state index contributed by atoms with van der Waals surface area (Å²) in [4.78, 5) is 60.2. The predicted molar refractivity (Wildman–Crippen MR) is 93.9 cm³/mol. The highest BCUT2D eigenvalue weighted by molar-refractivity contribution is 6.21. The minimum atomic E-state index is -1.14. The van der Waals surface area contributed by atoms with Crippen molar-refractivity contribution in [3.63, 3.8) is 0 Å². The number of carbonyl (C=O) groups excluding carboxylic acids is 5. The number of nitrogens with zero attached hydrogens (tertiary/aromatic N) is 1. The molecule has 0 saturated carbocycles. The number of esters is 1. The quantitative estimate of drug-likeness (QED) is 0.559. The summed E-state index contributed by atoms with van der Waals surface area (Å²) in [5.41, 5.74) is 1.60. The Bertz CT molecular complexity index is 804. The highest BCUT2D eigenvalue weighted by atomic mass is 16.5. The summed E-state index contributed by atoms with van der Waals surface area (Å²) in [7, 11) is 1.35. The maximum atomic E-state index is 12.3. The largest absolute Gasteiger partial charge is 0.453 e. The van der Waals surface area contributed by atoms with Gasteiger partial charge in [-0.1, -0.05) is 11.6 Å². The standard InChI is InChI=1S/C18H21N3O6/c1-10-6-7-12-13(9-10)17(25)21(16(12)24)8-4-5-14(22)27-11(2)15(23)20-18(26)19-3/h6-7,9,11H,4-5,8H2,1-3H3,(H2,19,20,23,26). The molecule has 144 valence electrons. The highest BCUT2D eigenvalue weighted by Gasteiger charge is 2.35. The van der Waals surface area contributed by atoms with Crippen LogP contribution in [0.4, 0.5) is 4.79 Å². The first-order valence-electron chi connectivity index (χ1n) is 8.43. The Morgan fingerprint density at radius 1 is 1.15 bits per heavy atom. The lowest BCUT2D eigenvalue weighted by Crippen LogP contribution is -2.43. The van der Waals surface area contributed by atoms with E-state index in [1.165, 1.54) is 14.0 Å². The molecule has 1 aliphatic rings. The van der Waals surface area contributed by atoms with E-state index in [9.17, 15) is 24.0 Å². The number of nitrogens with one attached hydrogen (secondary N) is 2. The molecule has 9 heteroatoms. The predicted octanol–water partition coefficient (Wildman–Crippen LogP) is 0.759. The lowest BCUT2D eigenvalue weighted by Gasteiger charge is -2.15. The van der Waals surface area contributed by atoms with Gasteiger partial charge >= 0.3 is 12.0 Å². The molecule has 0 bridgehead atoms. The van der Waals surface area contributed by atoms with Crippen LogP contribution in [0.3, 0.4) is 0 Å². The Morgan fingerprint density at radius 2 is 1.81 bits per heavy atom. The zero-order chi connectivity index (χ0) is 20.1. The van der Waals surface area contributed by atoms with Gasteiger partial charge in [0.25, 0.3) is 17.7 Å². The normalized spacial score (nSPS) is 13.8. The maximum Gasteiger partial charge on any atom is 0.321 e. The molecular formula is C18H21N3O6. The van der Waals surface area contributed by atoms with Crippen LogP contribution in [0.25, 0.3) is 0 Å². The monoisotopic (exact) mass is 375 g/mol. The number of benzene rings is 1. The topological polar surface area (TPSA) is 122 Å². The fourth-order valence-corrected chi connectivity index (χ4v) is 2.57. The van der Waals surface area contributed by atoms with Gasteiger partial charge in [-0.3, -0.25) is 29.4 Å². The van der Waals surface area contributed by atoms with Crippen molar-refractivity contribution in [3.05, 3.63) is 34.9 Å². The minimum absolute atomic E-state index is 0.0688. The van der Waals surface area contributed by atoms with Gasteiger partial charge in [-0.15, -0.1) is 0 Å². The lowest BCUT2D eigenvalue weighted by atomic mass is 10.1. The summed E-state index contributed by atoms with van der Waals surface area (Å²) in [6, 6.07) is 4.34. The summed E-state index contributed by atoms with van der Waals surface area (Å²) < 4.78 is 4.93. The third kappa shape index (κ3) is 4.69. The molecule has 1 aliphatic heterocycles. The molecule has 27 heavy (non-hydrogen) atoms. The molecule has 0 aliphatic carbocycles. The number of fused-ring (bicyclic) bond motifs is 1. The fourth-order valence-electron chi connectivity index (χ4n) is 2.57. The van der Waals surface area contributed by atoms with E-state index in [0.29, 0.717) is 11.1 Å². The van der Waals surface area contributed by atoms with Crippen LogP contribution in [0.15, 0.2) is 18.2 Å². The molecule has 1 aromatic rings. The van der Waals surface area contributed by atoms with Gasteiger partial charge in [-0.25, -0.2) is 4.79 Å². The van der Waals surface area contributed by atoms with E-state index < -0.39 is 24.0 Å². The molecule has 1 aromatic carbocycles. The van der Waals surface area contributed by atoms with Crippen molar-refractivity contribution in [2.75, 3.05) is 13.6 Å². The van der Waals surface area contributed by atoms with E-state index >= 15 is 0 Å². The van der Waals surface area contributed by atoms with Crippen LogP contribution < -0.4 is 10.6 Å². The number of rotatable bonds is 6. The molecular weight excluding hydrogens is 354 g/mol. The summed E-state index contributed by atoms with van der Waals surface area (Å²) in [5, 5.41) is 4.21. The summed E-state index contributed by atoms with van der Waals surface area (Å²) in [5.74, 6) is -2.19. The van der Waals surface area contributed by atoms with E-state index in [-0.39, 0.29) is 31.2 Å². The van der Waals surface area contributed by atoms with Crippen molar-refractivity contribution in [3.8, 4) is 0 Å². The van der Waals surface area contributed by atoms with Gasteiger partial charge in [0.1, 0.15) is 0 Å². The van der Waals surface area contributed by atoms with Crippen molar-refractivity contribution in [2.45, 2.75) is 32.8 Å². The lowest BCUT2D eigenvalue weighted by molar-refractivity contribution is -0.154. The Hall–Kier alpha value is -3.23. The number of carbonyl (C=O) groups is 5. The van der Waals surface area contributed by atoms with Crippen LogP contribution in [0.5, 0.6) is 0 Å². The molecule has 5 amide bonds. The summed E-state index contributed by atoms with van der Waals surface area (Å²) in [6.07, 6.45) is -1.02. The van der Waals surface area contributed by atoms with Gasteiger partial charge in [-0.05, 0) is 32.4 Å². The SMILES string of the molecule is CNC(=O)NC(=O)C(C)OC(=O)CCCN1C(=O)c2ccc(C)cc2C1=O. The highest BCUT2D eigenvalue weighted by Crippen LogP contribution is 2.24. The molecule has 9 nitrogen and oxygen atoms in total. The van der Waals surface area contributed by atoms with Crippen molar-refractivity contribution in [1.29, 1.82) is 0 Å². The summed E-state index contributed by atoms with van der Waals surface area (Å²) in [6.45, 7) is 3.24. The molecule has 0 spiro atoms. The molecule has 0 radical (unpaired) electrons. The zero-order valence-electron chi connectivity index (χ0n) is 15.3. The first-order chi connectivity index (χ1) is 12.7. The maximum absolute atomic E-state index is 12.3. The summed E-state index contributed by atoms with van der Waals surface area (Å²) >= 11 is 0. The van der Waals surface area contributed by atoms with Crippen LogP contribution in [0.2, 0.25) is 0 Å². The van der Waals surface area contributed by atoms with E-state index in [0.717, 1.165) is 10.5 Å². The number of urea groups is 1. The van der Waals surface area contributed by atoms with Gasteiger partial charge in [-0.2, -0.15) is 0 Å². The number of aryl methyl sites for hydroxylation is 1. The molecule has 2 N–H and O–H groups in total. The van der Waals surface area contributed by atoms with Crippen LogP contribution in [-0.2, 0) is 14.3 Å². The second-order valence-electron chi connectivity index (χ2n) is 6.11. The Morgan fingerprint density at radius 3 is 2.48 bits per heavy atom. The third-order valence-electron chi connectivity index (χ3n) is 4.03. The molecule has 2 rings (SSSR count). The van der Waals surface area contributed by atoms with Crippen LogP contribution >= 0.6 is 0 Å². The van der Waals surface area contributed by atoms with Crippen molar-refractivity contribution >= 4 is 29.7 Å². The Balaban J connectivity index is 1.82. The number of amides is 5. The van der Waals surface area contributed by atoms with Crippen LogP contribution in [0, 0.1) is 6.92 Å². The zero-order valence-corrected chi connectivity index (χ0v) is 15.3. The second-order valence-corrected chi connectivity index (χ2v) is 6.11. The molecule has 1 atom stereocenters. The number of imide groups is 2. The number of ether oxygens (including phenoxy) is 1.